The third kappa shape index (κ3) is 2.28. The van der Waals surface area contributed by atoms with Gasteiger partial charge in [0, 0.05) is 16.6 Å². The number of carboxylic acid groups (broad SMARTS) is 1. The summed E-state index contributed by atoms with van der Waals surface area (Å²) >= 11 is 6.24. The summed E-state index contributed by atoms with van der Waals surface area (Å²) in [6.07, 6.45) is 0.230. The molecule has 1 aromatic heterocycles. The maximum Gasteiger partial charge on any atom is 0.320 e. The fourth-order valence-corrected chi connectivity index (χ4v) is 2.13. The lowest BCUT2D eigenvalue weighted by atomic mass is 10.0. The van der Waals surface area contributed by atoms with Crippen LogP contribution in [0.3, 0.4) is 0 Å². The van der Waals surface area contributed by atoms with E-state index in [4.69, 9.17) is 22.4 Å². The van der Waals surface area contributed by atoms with E-state index in [-0.39, 0.29) is 6.42 Å². The molecule has 0 saturated carbocycles. The van der Waals surface area contributed by atoms with Crippen LogP contribution in [0, 0.1) is 6.92 Å². The average molecular weight is 253 g/mol. The molecule has 0 saturated heterocycles. The van der Waals surface area contributed by atoms with Crippen LogP contribution in [-0.4, -0.2) is 22.1 Å². The molecule has 90 valence electrons. The fraction of sp³-hybridized carbons (Fsp3) is 0.250. The number of nitrogens with two attached hydrogens (primary N) is 1. The van der Waals surface area contributed by atoms with Crippen LogP contribution in [0.25, 0.3) is 10.9 Å². The van der Waals surface area contributed by atoms with E-state index in [1.807, 2.05) is 25.1 Å². The van der Waals surface area contributed by atoms with E-state index in [1.165, 1.54) is 0 Å². The van der Waals surface area contributed by atoms with Crippen LogP contribution in [0.4, 0.5) is 0 Å². The van der Waals surface area contributed by atoms with Gasteiger partial charge in [-0.25, -0.2) is 0 Å². The average Bonchev–Trinajstić information content (AvgIpc) is 2.63. The van der Waals surface area contributed by atoms with Gasteiger partial charge in [0.2, 0.25) is 0 Å². The third-order valence-electron chi connectivity index (χ3n) is 2.71. The van der Waals surface area contributed by atoms with Crippen molar-refractivity contribution in [2.24, 2.45) is 5.73 Å². The molecule has 1 unspecified atom stereocenters. The molecule has 0 amide bonds. The first-order valence-corrected chi connectivity index (χ1v) is 5.62. The number of benzene rings is 1. The molecule has 1 atom stereocenters. The molecule has 2 aromatic rings. The summed E-state index contributed by atoms with van der Waals surface area (Å²) in [6.45, 7) is 1.94. The van der Waals surface area contributed by atoms with E-state index in [9.17, 15) is 4.79 Å². The van der Waals surface area contributed by atoms with Gasteiger partial charge in [-0.15, -0.1) is 0 Å². The number of H-pyrrole nitrogens is 1. The Morgan fingerprint density at radius 2 is 2.29 bits per heavy atom. The molecule has 0 aliphatic rings. The second-order valence-electron chi connectivity index (χ2n) is 4.10. The predicted octanol–water partition coefficient (Wildman–Crippen LogP) is 2.08. The number of aryl methyl sites for hydroxylation is 1. The highest BCUT2D eigenvalue weighted by Gasteiger charge is 2.15. The van der Waals surface area contributed by atoms with Gasteiger partial charge in [-0.05, 0) is 31.0 Å². The number of hydrogen-bond acceptors (Lipinski definition) is 2. The molecule has 0 aliphatic carbocycles. The minimum Gasteiger partial charge on any atom is -0.480 e. The quantitative estimate of drug-likeness (QED) is 0.783. The molecule has 17 heavy (non-hydrogen) atoms. The van der Waals surface area contributed by atoms with Crippen LogP contribution in [0.2, 0.25) is 5.02 Å². The summed E-state index contributed by atoms with van der Waals surface area (Å²) in [4.78, 5) is 13.9. The van der Waals surface area contributed by atoms with Gasteiger partial charge < -0.3 is 15.8 Å². The molecular formula is C12H13ClN2O2. The highest BCUT2D eigenvalue weighted by atomic mass is 35.5. The van der Waals surface area contributed by atoms with E-state index < -0.39 is 12.0 Å². The lowest BCUT2D eigenvalue weighted by Gasteiger charge is -2.08. The Labute approximate surface area is 103 Å². The number of fused-ring (bicyclic) bond motifs is 1. The summed E-state index contributed by atoms with van der Waals surface area (Å²) in [5, 5.41) is 10.3. The second-order valence-corrected chi connectivity index (χ2v) is 4.48. The maximum absolute atomic E-state index is 10.7. The Hall–Kier alpha value is -1.52. The molecule has 0 radical (unpaired) electrons. The van der Waals surface area contributed by atoms with Gasteiger partial charge in [0.25, 0.3) is 0 Å². The van der Waals surface area contributed by atoms with Gasteiger partial charge in [0.05, 0.1) is 5.02 Å². The SMILES string of the molecule is Cc1cc2c(Cl)c(CC(N)C(=O)O)ccc2[nH]1. The molecule has 1 aromatic carbocycles. The number of hydrogen-bond donors (Lipinski definition) is 3. The van der Waals surface area contributed by atoms with Crippen molar-refractivity contribution in [2.45, 2.75) is 19.4 Å². The van der Waals surface area contributed by atoms with Crippen molar-refractivity contribution in [3.63, 3.8) is 0 Å². The highest BCUT2D eigenvalue weighted by Crippen LogP contribution is 2.28. The Balaban J connectivity index is 2.42. The zero-order valence-corrected chi connectivity index (χ0v) is 10.1. The highest BCUT2D eigenvalue weighted by molar-refractivity contribution is 6.36. The van der Waals surface area contributed by atoms with Crippen molar-refractivity contribution in [3.05, 3.63) is 34.5 Å². The number of rotatable bonds is 3. The molecule has 0 bridgehead atoms. The van der Waals surface area contributed by atoms with Gasteiger partial charge in [-0.1, -0.05) is 17.7 Å². The summed E-state index contributed by atoms with van der Waals surface area (Å²) in [5.41, 5.74) is 8.22. The van der Waals surface area contributed by atoms with E-state index >= 15 is 0 Å². The lowest BCUT2D eigenvalue weighted by molar-refractivity contribution is -0.138. The Morgan fingerprint density at radius 3 is 2.94 bits per heavy atom. The molecule has 4 nitrogen and oxygen atoms in total. The van der Waals surface area contributed by atoms with Gasteiger partial charge in [-0.2, -0.15) is 0 Å². The first-order valence-electron chi connectivity index (χ1n) is 5.24. The zero-order chi connectivity index (χ0) is 12.6. The molecular weight excluding hydrogens is 240 g/mol. The van der Waals surface area contributed by atoms with E-state index in [2.05, 4.69) is 4.98 Å². The summed E-state index contributed by atoms with van der Waals surface area (Å²) in [6, 6.07) is 4.71. The van der Waals surface area contributed by atoms with Crippen molar-refractivity contribution < 1.29 is 9.90 Å². The fourth-order valence-electron chi connectivity index (χ4n) is 1.84. The normalized spacial score (nSPS) is 12.9. The van der Waals surface area contributed by atoms with Crippen LogP contribution in [0.5, 0.6) is 0 Å². The van der Waals surface area contributed by atoms with Crippen molar-refractivity contribution >= 4 is 28.5 Å². The maximum atomic E-state index is 10.7. The molecule has 1 heterocycles. The number of carbonyl (C=O) groups is 1. The lowest BCUT2D eigenvalue weighted by Crippen LogP contribution is -2.32. The predicted molar refractivity (Wildman–Crippen MR) is 67.4 cm³/mol. The van der Waals surface area contributed by atoms with Crippen LogP contribution >= 0.6 is 11.6 Å². The number of aromatic amines is 1. The number of aromatic nitrogens is 1. The van der Waals surface area contributed by atoms with Crippen LogP contribution in [-0.2, 0) is 11.2 Å². The molecule has 2 rings (SSSR count). The van der Waals surface area contributed by atoms with Gasteiger partial charge in [-0.3, -0.25) is 4.79 Å². The Kier molecular flexibility index (Phi) is 3.09. The molecule has 0 aliphatic heterocycles. The Bertz CT molecular complexity index is 577. The first-order chi connectivity index (χ1) is 7.99. The van der Waals surface area contributed by atoms with Crippen molar-refractivity contribution in [2.75, 3.05) is 0 Å². The topological polar surface area (TPSA) is 79.1 Å². The number of nitrogens with one attached hydrogen (secondary N) is 1. The van der Waals surface area contributed by atoms with Crippen molar-refractivity contribution in [3.8, 4) is 0 Å². The number of carboxylic acids is 1. The van der Waals surface area contributed by atoms with Crippen LogP contribution < -0.4 is 5.73 Å². The summed E-state index contributed by atoms with van der Waals surface area (Å²) < 4.78 is 0. The minimum atomic E-state index is -1.02. The first kappa shape index (κ1) is 12.0. The summed E-state index contributed by atoms with van der Waals surface area (Å²) in [5.74, 6) is -1.02. The van der Waals surface area contributed by atoms with E-state index in [0.29, 0.717) is 5.02 Å². The van der Waals surface area contributed by atoms with Gasteiger partial charge >= 0.3 is 5.97 Å². The molecule has 4 N–H and O–H groups in total. The molecule has 0 fully saturated rings. The van der Waals surface area contributed by atoms with E-state index in [1.54, 1.807) is 0 Å². The Morgan fingerprint density at radius 1 is 1.59 bits per heavy atom. The minimum absolute atomic E-state index is 0.230. The third-order valence-corrected chi connectivity index (χ3v) is 3.16. The number of halogens is 1. The van der Waals surface area contributed by atoms with Gasteiger partial charge in [0.15, 0.2) is 0 Å². The second kappa shape index (κ2) is 4.39. The smallest absolute Gasteiger partial charge is 0.320 e. The number of aliphatic carboxylic acids is 1. The van der Waals surface area contributed by atoms with E-state index in [0.717, 1.165) is 22.2 Å². The van der Waals surface area contributed by atoms with Crippen molar-refractivity contribution in [1.82, 2.24) is 4.98 Å². The molecule has 0 spiro atoms. The van der Waals surface area contributed by atoms with Crippen molar-refractivity contribution in [1.29, 1.82) is 0 Å². The largest absolute Gasteiger partial charge is 0.480 e. The van der Waals surface area contributed by atoms with Crippen LogP contribution in [0.15, 0.2) is 18.2 Å². The zero-order valence-electron chi connectivity index (χ0n) is 9.33. The summed E-state index contributed by atoms with van der Waals surface area (Å²) in [7, 11) is 0. The monoisotopic (exact) mass is 252 g/mol. The van der Waals surface area contributed by atoms with Crippen LogP contribution in [0.1, 0.15) is 11.3 Å². The van der Waals surface area contributed by atoms with Gasteiger partial charge in [0.1, 0.15) is 6.04 Å². The standard InChI is InChI=1S/C12H13ClN2O2/c1-6-4-8-10(15-6)3-2-7(11(8)13)5-9(14)12(16)17/h2-4,9,15H,5,14H2,1H3,(H,16,17). The molecule has 5 heteroatoms.